The number of aliphatic hydroxyl groups is 1. The molecule has 1 saturated carbocycles. The number of aromatic nitrogens is 2. The smallest absolute Gasteiger partial charge is 0.393 e. The normalized spacial score (nSPS) is 22.2. The fraction of sp³-hybridized carbons (Fsp3) is 0.478. The van der Waals surface area contributed by atoms with Crippen LogP contribution in [0.1, 0.15) is 66.8 Å². The second-order valence-corrected chi connectivity index (χ2v) is 9.48. The zero-order chi connectivity index (χ0) is 24.1. The van der Waals surface area contributed by atoms with Crippen LogP contribution in [0.3, 0.4) is 0 Å². The molecule has 1 amide bonds. The van der Waals surface area contributed by atoms with Gasteiger partial charge in [-0.1, -0.05) is 26.0 Å². The van der Waals surface area contributed by atoms with Crippen LogP contribution in [-0.2, 0) is 12.6 Å². The number of rotatable bonds is 4. The van der Waals surface area contributed by atoms with Crippen LogP contribution in [0, 0.1) is 11.2 Å². The van der Waals surface area contributed by atoms with Crippen molar-refractivity contribution in [1.82, 2.24) is 9.78 Å². The number of halogens is 4. The number of amides is 1. The number of carbonyl (C=O) groups excluding carboxylic acids is 1. The monoisotopic (exact) mass is 466 g/mol. The van der Waals surface area contributed by atoms with E-state index in [2.05, 4.69) is 10.4 Å². The van der Waals surface area contributed by atoms with Crippen LogP contribution >= 0.6 is 0 Å². The van der Waals surface area contributed by atoms with Gasteiger partial charge in [0.25, 0.3) is 5.91 Å². The van der Waals surface area contributed by atoms with E-state index in [1.54, 1.807) is 6.08 Å². The minimum atomic E-state index is -4.68. The fourth-order valence-corrected chi connectivity index (χ4v) is 4.55. The Balaban J connectivity index is 1.83. The van der Waals surface area contributed by atoms with Gasteiger partial charge in [0.15, 0.2) is 5.69 Å². The highest BCUT2D eigenvalue weighted by Crippen LogP contribution is 2.41. The predicted octanol–water partition coefficient (Wildman–Crippen LogP) is 4.44. The number of allylic oxidation sites excluding steroid dienone is 1. The summed E-state index contributed by atoms with van der Waals surface area (Å²) in [5.74, 6) is -1.93. The van der Waals surface area contributed by atoms with Crippen LogP contribution in [0.4, 0.5) is 23.2 Å². The van der Waals surface area contributed by atoms with E-state index in [1.165, 1.54) is 12.1 Å². The number of carbonyl (C=O) groups is 1. The molecule has 2 aliphatic rings. The second-order valence-electron chi connectivity index (χ2n) is 9.48. The van der Waals surface area contributed by atoms with E-state index < -0.39 is 35.1 Å². The van der Waals surface area contributed by atoms with Gasteiger partial charge < -0.3 is 16.2 Å². The van der Waals surface area contributed by atoms with E-state index in [9.17, 15) is 23.1 Å². The van der Waals surface area contributed by atoms with E-state index in [0.717, 1.165) is 10.7 Å². The summed E-state index contributed by atoms with van der Waals surface area (Å²) in [6, 6.07) is 2.25. The third-order valence-corrected chi connectivity index (χ3v) is 6.24. The lowest BCUT2D eigenvalue weighted by Crippen LogP contribution is -2.29. The van der Waals surface area contributed by atoms with Crippen LogP contribution in [0.15, 0.2) is 18.2 Å². The number of hydrogen-bond acceptors (Lipinski definition) is 4. The number of primary amides is 1. The fourth-order valence-electron chi connectivity index (χ4n) is 4.55. The summed E-state index contributed by atoms with van der Waals surface area (Å²) in [4.78, 5) is 12.0. The van der Waals surface area contributed by atoms with Crippen molar-refractivity contribution in [2.45, 2.75) is 64.3 Å². The van der Waals surface area contributed by atoms with Crippen LogP contribution in [0.25, 0.3) is 11.8 Å². The lowest BCUT2D eigenvalue weighted by Gasteiger charge is -2.28. The molecule has 1 heterocycles. The molecule has 0 atom stereocenters. The molecule has 4 rings (SSSR count). The summed E-state index contributed by atoms with van der Waals surface area (Å²) in [5, 5.41) is 16.6. The molecule has 1 aromatic carbocycles. The molecule has 178 valence electrons. The summed E-state index contributed by atoms with van der Waals surface area (Å²) in [6.45, 7) is 3.77. The maximum absolute atomic E-state index is 15.0. The molecule has 2 aliphatic carbocycles. The third-order valence-electron chi connectivity index (χ3n) is 6.24. The van der Waals surface area contributed by atoms with Crippen LogP contribution < -0.4 is 11.1 Å². The maximum Gasteiger partial charge on any atom is 0.435 e. The predicted molar refractivity (Wildman–Crippen MR) is 115 cm³/mol. The zero-order valence-corrected chi connectivity index (χ0v) is 18.3. The van der Waals surface area contributed by atoms with E-state index in [1.807, 2.05) is 13.8 Å². The van der Waals surface area contributed by atoms with Gasteiger partial charge in [0.05, 0.1) is 28.7 Å². The van der Waals surface area contributed by atoms with Crippen molar-refractivity contribution in [3.63, 3.8) is 0 Å². The first-order chi connectivity index (χ1) is 15.4. The highest BCUT2D eigenvalue weighted by Gasteiger charge is 2.41. The molecule has 2 aromatic rings. The summed E-state index contributed by atoms with van der Waals surface area (Å²) in [6.07, 6.45) is 0.586. The molecule has 0 radical (unpaired) electrons. The number of anilines is 1. The number of nitrogens with zero attached hydrogens (tertiary/aromatic N) is 2. The van der Waals surface area contributed by atoms with Crippen molar-refractivity contribution in [3.8, 4) is 5.69 Å². The lowest BCUT2D eigenvalue weighted by atomic mass is 9.81. The topological polar surface area (TPSA) is 93.2 Å². The molecule has 0 aliphatic heterocycles. The summed E-state index contributed by atoms with van der Waals surface area (Å²) in [5.41, 5.74) is 4.02. The first kappa shape index (κ1) is 23.3. The average Bonchev–Trinajstić information content (AvgIpc) is 3.07. The van der Waals surface area contributed by atoms with Gasteiger partial charge >= 0.3 is 6.18 Å². The van der Waals surface area contributed by atoms with Gasteiger partial charge in [-0.05, 0) is 43.6 Å². The van der Waals surface area contributed by atoms with Gasteiger partial charge in [-0.15, -0.1) is 0 Å². The zero-order valence-electron chi connectivity index (χ0n) is 18.3. The van der Waals surface area contributed by atoms with Crippen LogP contribution in [0.2, 0.25) is 0 Å². The van der Waals surface area contributed by atoms with Gasteiger partial charge in [0.1, 0.15) is 5.82 Å². The Hall–Kier alpha value is -2.88. The van der Waals surface area contributed by atoms with Gasteiger partial charge in [-0.3, -0.25) is 4.79 Å². The molecule has 0 unspecified atom stereocenters. The van der Waals surface area contributed by atoms with Gasteiger partial charge in [0.2, 0.25) is 0 Å². The Kier molecular flexibility index (Phi) is 5.76. The Labute approximate surface area is 188 Å². The molecule has 10 heteroatoms. The molecule has 4 N–H and O–H groups in total. The Morgan fingerprint density at radius 3 is 2.52 bits per heavy atom. The average molecular weight is 466 g/mol. The first-order valence-electron chi connectivity index (χ1n) is 10.8. The maximum atomic E-state index is 15.0. The number of alkyl halides is 3. The van der Waals surface area contributed by atoms with Gasteiger partial charge in [0, 0.05) is 17.7 Å². The molecular weight excluding hydrogens is 440 g/mol. The molecule has 6 nitrogen and oxygen atoms in total. The Bertz CT molecular complexity index is 1110. The SMILES string of the molecule is CC1(C)C=Cc2c(C(F)(F)F)nn(-c3cc(F)c(C(N)=O)c(N[C@H]4CC[C@H](O)CC4)c3)c2C1. The summed E-state index contributed by atoms with van der Waals surface area (Å²) in [7, 11) is 0. The number of nitrogens with one attached hydrogen (secondary N) is 1. The molecule has 0 spiro atoms. The first-order valence-corrected chi connectivity index (χ1v) is 10.8. The number of fused-ring (bicyclic) bond motifs is 1. The quantitative estimate of drug-likeness (QED) is 0.581. The molecular formula is C23H26F4N4O2. The second kappa shape index (κ2) is 8.16. The van der Waals surface area contributed by atoms with Crippen molar-refractivity contribution < 1.29 is 27.5 Å². The third kappa shape index (κ3) is 4.62. The van der Waals surface area contributed by atoms with Crippen molar-refractivity contribution in [3.05, 3.63) is 46.5 Å². The molecule has 33 heavy (non-hydrogen) atoms. The van der Waals surface area contributed by atoms with Gasteiger partial charge in [-0.25, -0.2) is 9.07 Å². The number of hydrogen-bond donors (Lipinski definition) is 3. The molecule has 1 fully saturated rings. The largest absolute Gasteiger partial charge is 0.435 e. The standard InChI is InChI=1S/C23H26F4N4O2/c1-22(2)8-7-15-18(11-22)31(30-20(15)23(25,26)27)13-9-16(24)19(21(28)33)17(10-13)29-12-3-5-14(32)6-4-12/h7-10,12,14,29,32H,3-6,11H2,1-2H3,(H2,28,33)/t12-,14-. The molecule has 0 bridgehead atoms. The van der Waals surface area contributed by atoms with Crippen LogP contribution in [-0.4, -0.2) is 32.9 Å². The minimum absolute atomic E-state index is 0.0445. The van der Waals surface area contributed by atoms with Gasteiger partial charge in [-0.2, -0.15) is 18.3 Å². The van der Waals surface area contributed by atoms with Crippen LogP contribution in [0.5, 0.6) is 0 Å². The van der Waals surface area contributed by atoms with Crippen molar-refractivity contribution in [2.75, 3.05) is 5.32 Å². The van der Waals surface area contributed by atoms with Crippen molar-refractivity contribution >= 4 is 17.7 Å². The highest BCUT2D eigenvalue weighted by molar-refractivity contribution is 5.99. The van der Waals surface area contributed by atoms with E-state index >= 15 is 4.39 Å². The number of nitrogens with two attached hydrogens (primary N) is 1. The lowest BCUT2D eigenvalue weighted by molar-refractivity contribution is -0.141. The van der Waals surface area contributed by atoms with Crippen molar-refractivity contribution in [1.29, 1.82) is 0 Å². The molecule has 0 saturated heterocycles. The number of aliphatic hydroxyl groups excluding tert-OH is 1. The highest BCUT2D eigenvalue weighted by atomic mass is 19.4. The summed E-state index contributed by atoms with van der Waals surface area (Å²) >= 11 is 0. The minimum Gasteiger partial charge on any atom is -0.393 e. The Morgan fingerprint density at radius 1 is 1.24 bits per heavy atom. The van der Waals surface area contributed by atoms with E-state index in [-0.39, 0.29) is 35.0 Å². The Morgan fingerprint density at radius 2 is 1.91 bits per heavy atom. The van der Waals surface area contributed by atoms with Crippen molar-refractivity contribution in [2.24, 2.45) is 11.1 Å². The van der Waals surface area contributed by atoms with E-state index in [0.29, 0.717) is 31.4 Å². The molecule has 1 aromatic heterocycles. The van der Waals surface area contributed by atoms with E-state index in [4.69, 9.17) is 5.73 Å². The summed E-state index contributed by atoms with van der Waals surface area (Å²) < 4.78 is 57.2. The number of benzene rings is 1.